The summed E-state index contributed by atoms with van der Waals surface area (Å²) in [6.07, 6.45) is 8.68. The lowest BCUT2D eigenvalue weighted by molar-refractivity contribution is 0.365. The van der Waals surface area contributed by atoms with E-state index in [0.717, 1.165) is 34.6 Å². The van der Waals surface area contributed by atoms with Gasteiger partial charge < -0.3 is 9.42 Å². The molecule has 166 valence electrons. The van der Waals surface area contributed by atoms with E-state index in [1.54, 1.807) is 0 Å². The van der Waals surface area contributed by atoms with Crippen molar-refractivity contribution >= 4 is 0 Å². The molecule has 0 spiro atoms. The third-order valence-corrected chi connectivity index (χ3v) is 5.47. The smallest absolute Gasteiger partial charge is 0.257 e. The Kier molecular flexibility index (Phi) is 6.62. The maximum Gasteiger partial charge on any atom is 0.257 e. The summed E-state index contributed by atoms with van der Waals surface area (Å²) in [5.74, 6) is 4.66. The summed E-state index contributed by atoms with van der Waals surface area (Å²) in [6.45, 7) is 4.86. The van der Waals surface area contributed by atoms with Crippen molar-refractivity contribution < 1.29 is 4.52 Å². The first-order chi connectivity index (χ1) is 15.9. The zero-order valence-electron chi connectivity index (χ0n) is 19.5. The van der Waals surface area contributed by atoms with Crippen LogP contribution in [-0.2, 0) is 19.4 Å². The minimum absolute atomic E-state index is 0.546. The zero-order valence-corrected chi connectivity index (χ0v) is 19.5. The van der Waals surface area contributed by atoms with Gasteiger partial charge in [-0.2, -0.15) is 4.98 Å². The predicted octanol–water partition coefficient (Wildman–Crippen LogP) is 4.37. The molecule has 2 aromatic carbocycles. The lowest BCUT2D eigenvalue weighted by Crippen LogP contribution is -2.11. The van der Waals surface area contributed by atoms with Crippen LogP contribution in [0.15, 0.2) is 53.2 Å². The number of rotatable bonds is 7. The molecule has 0 bridgehead atoms. The van der Waals surface area contributed by atoms with Crippen LogP contribution in [0.3, 0.4) is 0 Å². The van der Waals surface area contributed by atoms with Gasteiger partial charge in [-0.3, -0.25) is 0 Å². The molecule has 2 heterocycles. The lowest BCUT2D eigenvalue weighted by Gasteiger charge is -2.12. The Bertz CT molecular complexity index is 1280. The molecule has 0 saturated heterocycles. The highest BCUT2D eigenvalue weighted by atomic mass is 16.5. The van der Waals surface area contributed by atoms with E-state index in [0.29, 0.717) is 24.7 Å². The fourth-order valence-corrected chi connectivity index (χ4v) is 3.82. The molecule has 0 unspecified atom stereocenters. The SMILES string of the molecule is C#Cc1ccc(Cc2nccc(Cc3c(C)cc(-c4nc(CN(C)C)no4)cc3C)n2)cc1. The number of hydrogen-bond acceptors (Lipinski definition) is 6. The number of hydrogen-bond donors (Lipinski definition) is 0. The second-order valence-electron chi connectivity index (χ2n) is 8.50. The summed E-state index contributed by atoms with van der Waals surface area (Å²) in [5.41, 5.74) is 7.52. The van der Waals surface area contributed by atoms with Gasteiger partial charge in [0.15, 0.2) is 5.82 Å². The lowest BCUT2D eigenvalue weighted by atomic mass is 9.95. The highest BCUT2D eigenvalue weighted by molar-refractivity contribution is 5.58. The van der Waals surface area contributed by atoms with Gasteiger partial charge >= 0.3 is 0 Å². The van der Waals surface area contributed by atoms with E-state index < -0.39 is 0 Å². The molecule has 4 rings (SSSR count). The third kappa shape index (κ3) is 5.51. The molecule has 0 atom stereocenters. The highest BCUT2D eigenvalue weighted by Crippen LogP contribution is 2.26. The first-order valence-corrected chi connectivity index (χ1v) is 10.9. The van der Waals surface area contributed by atoms with E-state index >= 15 is 0 Å². The molecule has 0 radical (unpaired) electrons. The van der Waals surface area contributed by atoms with Gasteiger partial charge in [0.1, 0.15) is 5.82 Å². The molecule has 0 saturated carbocycles. The van der Waals surface area contributed by atoms with E-state index in [1.807, 2.05) is 55.5 Å². The minimum Gasteiger partial charge on any atom is -0.334 e. The molecule has 4 aromatic rings. The van der Waals surface area contributed by atoms with Crippen molar-refractivity contribution in [2.45, 2.75) is 33.2 Å². The molecule has 6 heteroatoms. The van der Waals surface area contributed by atoms with E-state index in [1.165, 1.54) is 16.7 Å². The van der Waals surface area contributed by atoms with E-state index in [4.69, 9.17) is 15.9 Å². The summed E-state index contributed by atoms with van der Waals surface area (Å²) >= 11 is 0. The molecular formula is C27H27N5O. The van der Waals surface area contributed by atoms with Gasteiger partial charge in [0, 0.05) is 35.9 Å². The maximum atomic E-state index is 5.49. The van der Waals surface area contributed by atoms with Gasteiger partial charge in [-0.25, -0.2) is 9.97 Å². The fraction of sp³-hybridized carbons (Fsp3) is 0.259. The largest absolute Gasteiger partial charge is 0.334 e. The zero-order chi connectivity index (χ0) is 23.4. The summed E-state index contributed by atoms with van der Waals surface area (Å²) in [5, 5.41) is 4.08. The number of benzene rings is 2. The second-order valence-corrected chi connectivity index (χ2v) is 8.50. The predicted molar refractivity (Wildman–Crippen MR) is 129 cm³/mol. The number of aromatic nitrogens is 4. The van der Waals surface area contributed by atoms with Crippen LogP contribution >= 0.6 is 0 Å². The molecule has 0 aliphatic rings. The molecule has 2 aromatic heterocycles. The van der Waals surface area contributed by atoms with Crippen molar-refractivity contribution in [3.63, 3.8) is 0 Å². The summed E-state index contributed by atoms with van der Waals surface area (Å²) < 4.78 is 5.49. The number of terminal acetylenes is 1. The van der Waals surface area contributed by atoms with Gasteiger partial charge in [0.2, 0.25) is 0 Å². The number of nitrogens with zero attached hydrogens (tertiary/aromatic N) is 5. The molecular weight excluding hydrogens is 410 g/mol. The Morgan fingerprint density at radius 3 is 2.33 bits per heavy atom. The quantitative estimate of drug-likeness (QED) is 0.400. The Morgan fingerprint density at radius 2 is 1.67 bits per heavy atom. The van der Waals surface area contributed by atoms with Crippen LogP contribution in [0.2, 0.25) is 0 Å². The fourth-order valence-electron chi connectivity index (χ4n) is 3.82. The molecule has 33 heavy (non-hydrogen) atoms. The van der Waals surface area contributed by atoms with Gasteiger partial charge in [-0.05, 0) is 80.5 Å². The van der Waals surface area contributed by atoms with Gasteiger partial charge in [0.25, 0.3) is 5.89 Å². The third-order valence-electron chi connectivity index (χ3n) is 5.47. The van der Waals surface area contributed by atoms with Gasteiger partial charge in [-0.15, -0.1) is 6.42 Å². The Hall–Kier alpha value is -3.82. The van der Waals surface area contributed by atoms with Crippen LogP contribution in [0.1, 0.15) is 45.2 Å². The van der Waals surface area contributed by atoms with E-state index in [9.17, 15) is 0 Å². The van der Waals surface area contributed by atoms with Crippen LogP contribution < -0.4 is 0 Å². The summed E-state index contributed by atoms with van der Waals surface area (Å²) in [6, 6.07) is 14.1. The first-order valence-electron chi connectivity index (χ1n) is 10.9. The topological polar surface area (TPSA) is 67.9 Å². The normalized spacial score (nSPS) is 11.0. The van der Waals surface area contributed by atoms with Gasteiger partial charge in [0.05, 0.1) is 6.54 Å². The second kappa shape index (κ2) is 9.76. The highest BCUT2D eigenvalue weighted by Gasteiger charge is 2.14. The molecule has 0 aliphatic heterocycles. The average Bonchev–Trinajstić information content (AvgIpc) is 3.25. The van der Waals surface area contributed by atoms with Gasteiger partial charge in [-0.1, -0.05) is 23.2 Å². The van der Waals surface area contributed by atoms with E-state index in [2.05, 4.69) is 47.0 Å². The monoisotopic (exact) mass is 437 g/mol. The van der Waals surface area contributed by atoms with Crippen molar-refractivity contribution in [1.82, 2.24) is 25.0 Å². The average molecular weight is 438 g/mol. The Balaban J connectivity index is 1.52. The number of aryl methyl sites for hydroxylation is 2. The molecule has 0 amide bonds. The Labute approximate surface area is 194 Å². The standard InChI is InChI=1S/C27H27N5O/c1-6-20-7-9-21(10-8-20)15-25-28-12-11-23(29-25)16-24-18(2)13-22(14-19(24)3)27-30-26(31-33-27)17-32(4)5/h1,7-14H,15-17H2,2-5H3. The van der Waals surface area contributed by atoms with Crippen molar-refractivity contribution in [2.24, 2.45) is 0 Å². The van der Waals surface area contributed by atoms with Crippen molar-refractivity contribution in [3.05, 3.63) is 93.8 Å². The Morgan fingerprint density at radius 1 is 0.939 bits per heavy atom. The van der Waals surface area contributed by atoms with Crippen LogP contribution in [0.4, 0.5) is 0 Å². The van der Waals surface area contributed by atoms with E-state index in [-0.39, 0.29) is 0 Å². The summed E-state index contributed by atoms with van der Waals surface area (Å²) in [7, 11) is 3.96. The molecule has 0 N–H and O–H groups in total. The van der Waals surface area contributed by atoms with Crippen LogP contribution in [0.5, 0.6) is 0 Å². The maximum absolute atomic E-state index is 5.49. The van der Waals surface area contributed by atoms with Crippen molar-refractivity contribution in [3.8, 4) is 23.8 Å². The van der Waals surface area contributed by atoms with Crippen LogP contribution in [-0.4, -0.2) is 39.1 Å². The molecule has 6 nitrogen and oxygen atoms in total. The van der Waals surface area contributed by atoms with Crippen molar-refractivity contribution in [1.29, 1.82) is 0 Å². The molecule has 0 aliphatic carbocycles. The van der Waals surface area contributed by atoms with Crippen LogP contribution in [0, 0.1) is 26.2 Å². The first kappa shape index (κ1) is 22.4. The van der Waals surface area contributed by atoms with Crippen LogP contribution in [0.25, 0.3) is 11.5 Å². The van der Waals surface area contributed by atoms with Crippen molar-refractivity contribution in [2.75, 3.05) is 14.1 Å². The molecule has 0 fully saturated rings. The summed E-state index contributed by atoms with van der Waals surface area (Å²) in [4.78, 5) is 15.8. The minimum atomic E-state index is 0.546.